The average Bonchev–Trinajstić information content (AvgIpc) is 3.29. The van der Waals surface area contributed by atoms with Gasteiger partial charge >= 0.3 is 0 Å². The lowest BCUT2D eigenvalue weighted by Crippen LogP contribution is -2.04. The monoisotopic (exact) mass is 509 g/mol. The zero-order valence-electron chi connectivity index (χ0n) is 22.3. The molecule has 198 valence electrons. The molecule has 2 heterocycles. The molecule has 2 aromatic heterocycles. The number of phenols is 2. The summed E-state index contributed by atoms with van der Waals surface area (Å²) < 4.78 is 20.7. The number of ether oxygens (including phenoxy) is 1. The largest absolute Gasteiger partial charge is 0.504 e. The summed E-state index contributed by atoms with van der Waals surface area (Å²) in [6, 6.07) is 15.0. The van der Waals surface area contributed by atoms with Gasteiger partial charge in [-0.25, -0.2) is 9.37 Å². The van der Waals surface area contributed by atoms with Crippen molar-refractivity contribution < 1.29 is 24.1 Å². The molecule has 0 unspecified atom stereocenters. The molecule has 0 saturated carbocycles. The number of fused-ring (bicyclic) bond motifs is 1. The Balaban J connectivity index is 0.000000265. The van der Waals surface area contributed by atoms with Gasteiger partial charge < -0.3 is 20.3 Å². The molecule has 0 fully saturated rings. The fraction of sp³-hybridized carbons (Fsp3) is 0.310. The number of aromatic hydroxyl groups is 2. The van der Waals surface area contributed by atoms with Crippen LogP contribution in [0.3, 0.4) is 0 Å². The molecule has 4 aromatic rings. The smallest absolute Gasteiger partial charge is 0.199 e. The fourth-order valence-electron chi connectivity index (χ4n) is 3.57. The Morgan fingerprint density at radius 3 is 2.32 bits per heavy atom. The van der Waals surface area contributed by atoms with Crippen molar-refractivity contribution >= 4 is 11.4 Å². The zero-order valence-corrected chi connectivity index (χ0v) is 22.3. The lowest BCUT2D eigenvalue weighted by Gasteiger charge is -2.09. The van der Waals surface area contributed by atoms with Gasteiger partial charge in [0.15, 0.2) is 23.2 Å². The minimum absolute atomic E-state index is 0.0423. The highest BCUT2D eigenvalue weighted by Gasteiger charge is 2.20. The van der Waals surface area contributed by atoms with Gasteiger partial charge in [0.1, 0.15) is 17.2 Å². The van der Waals surface area contributed by atoms with E-state index in [1.807, 2.05) is 20.0 Å². The predicted molar refractivity (Wildman–Crippen MR) is 145 cm³/mol. The van der Waals surface area contributed by atoms with Crippen LogP contribution in [0.1, 0.15) is 48.8 Å². The van der Waals surface area contributed by atoms with E-state index in [0.29, 0.717) is 28.5 Å². The fourth-order valence-corrected chi connectivity index (χ4v) is 3.57. The van der Waals surface area contributed by atoms with Crippen LogP contribution in [-0.4, -0.2) is 46.1 Å². The Hall–Kier alpha value is -3.91. The summed E-state index contributed by atoms with van der Waals surface area (Å²) in [6.45, 7) is 8.43. The summed E-state index contributed by atoms with van der Waals surface area (Å²) in [6.07, 6.45) is 2.10. The molecule has 0 saturated heterocycles. The van der Waals surface area contributed by atoms with Crippen molar-refractivity contribution in [3.05, 3.63) is 77.2 Å². The quantitative estimate of drug-likeness (QED) is 0.220. The molecule has 0 aliphatic rings. The van der Waals surface area contributed by atoms with Crippen molar-refractivity contribution in [1.82, 2.24) is 14.7 Å². The van der Waals surface area contributed by atoms with Gasteiger partial charge in [0.25, 0.3) is 0 Å². The number of imidazole rings is 1. The van der Waals surface area contributed by atoms with E-state index in [4.69, 9.17) is 14.9 Å². The summed E-state index contributed by atoms with van der Waals surface area (Å²) >= 11 is 0. The number of carbonyl (C=O) groups is 1. The van der Waals surface area contributed by atoms with Gasteiger partial charge in [-0.3, -0.25) is 9.20 Å². The number of aromatic nitrogens is 2. The normalized spacial score (nSPS) is 10.2. The number of aryl methyl sites for hydroxylation is 2. The second-order valence-corrected chi connectivity index (χ2v) is 8.37. The third-order valence-electron chi connectivity index (χ3n) is 5.53. The van der Waals surface area contributed by atoms with Gasteiger partial charge in [0.2, 0.25) is 0 Å². The van der Waals surface area contributed by atoms with E-state index in [-0.39, 0.29) is 23.1 Å². The van der Waals surface area contributed by atoms with Crippen molar-refractivity contribution in [2.24, 2.45) is 0 Å². The predicted octanol–water partition coefficient (Wildman–Crippen LogP) is 5.94. The van der Waals surface area contributed by atoms with Gasteiger partial charge in [0.05, 0.1) is 12.8 Å². The highest BCUT2D eigenvalue weighted by Crippen LogP contribution is 2.30. The first-order valence-corrected chi connectivity index (χ1v) is 12.2. The molecule has 2 aromatic carbocycles. The first-order valence-electron chi connectivity index (χ1n) is 12.2. The number of Topliss-reactive ketones (excluding diaryl/α,β-unsaturated/α-hetero) is 1. The minimum atomic E-state index is -0.283. The number of phenolic OH excluding ortho intramolecular Hbond substituents is 2. The maximum atomic E-state index is 13.5. The zero-order chi connectivity index (χ0) is 27.5. The summed E-state index contributed by atoms with van der Waals surface area (Å²) in [7, 11) is 3.52. The number of pyridine rings is 1. The average molecular weight is 510 g/mol. The number of ketones is 1. The van der Waals surface area contributed by atoms with Crippen LogP contribution in [0, 0.1) is 12.7 Å². The number of rotatable bonds is 6. The van der Waals surface area contributed by atoms with Crippen LogP contribution in [-0.2, 0) is 6.42 Å². The van der Waals surface area contributed by atoms with E-state index in [1.165, 1.54) is 25.5 Å². The topological polar surface area (TPSA) is 96.1 Å². The van der Waals surface area contributed by atoms with E-state index in [9.17, 15) is 9.18 Å². The van der Waals surface area contributed by atoms with Crippen LogP contribution in [0.2, 0.25) is 0 Å². The third-order valence-corrected chi connectivity index (χ3v) is 5.53. The molecule has 37 heavy (non-hydrogen) atoms. The molecule has 0 aliphatic carbocycles. The van der Waals surface area contributed by atoms with Gasteiger partial charge in [-0.05, 0) is 86.9 Å². The second-order valence-electron chi connectivity index (χ2n) is 8.37. The molecule has 0 bridgehead atoms. The lowest BCUT2D eigenvalue weighted by atomic mass is 10.1. The molecular weight excluding hydrogens is 473 g/mol. The van der Waals surface area contributed by atoms with E-state index in [0.717, 1.165) is 24.1 Å². The van der Waals surface area contributed by atoms with E-state index < -0.39 is 0 Å². The molecule has 0 amide bonds. The van der Waals surface area contributed by atoms with Crippen LogP contribution < -0.4 is 10.1 Å². The molecular formula is C29H36FN3O4. The summed E-state index contributed by atoms with van der Waals surface area (Å²) in [5, 5.41) is 20.9. The SMILES string of the molecule is CCCNC.CCc1ccc(O)c(O)c1.COc1cccc2nc(C(C)=O)c(-c3ccc(F)c(C)c3)n12. The van der Waals surface area contributed by atoms with Gasteiger partial charge in [-0.15, -0.1) is 0 Å². The highest BCUT2D eigenvalue weighted by atomic mass is 19.1. The van der Waals surface area contributed by atoms with Crippen molar-refractivity contribution in [1.29, 1.82) is 0 Å². The Labute approximate surface area is 217 Å². The summed E-state index contributed by atoms with van der Waals surface area (Å²) in [4.78, 5) is 16.4. The van der Waals surface area contributed by atoms with Crippen molar-refractivity contribution in [2.45, 2.75) is 40.5 Å². The number of methoxy groups -OCH3 is 1. The van der Waals surface area contributed by atoms with Crippen molar-refractivity contribution in [3.63, 3.8) is 0 Å². The molecule has 8 heteroatoms. The number of nitrogens with one attached hydrogen (secondary N) is 1. The highest BCUT2D eigenvalue weighted by molar-refractivity contribution is 5.99. The Morgan fingerprint density at radius 1 is 1.08 bits per heavy atom. The van der Waals surface area contributed by atoms with Crippen molar-refractivity contribution in [3.8, 4) is 28.6 Å². The Morgan fingerprint density at radius 2 is 1.81 bits per heavy atom. The van der Waals surface area contributed by atoms with Gasteiger partial charge in [-0.2, -0.15) is 0 Å². The van der Waals surface area contributed by atoms with Crippen molar-refractivity contribution in [2.75, 3.05) is 20.7 Å². The molecule has 0 atom stereocenters. The third kappa shape index (κ3) is 7.54. The first kappa shape index (κ1) is 29.3. The second kappa shape index (κ2) is 14.0. The van der Waals surface area contributed by atoms with Crippen LogP contribution in [0.4, 0.5) is 4.39 Å². The molecule has 3 N–H and O–H groups in total. The lowest BCUT2D eigenvalue weighted by molar-refractivity contribution is 0.101. The van der Waals surface area contributed by atoms with Crippen LogP contribution in [0.5, 0.6) is 17.4 Å². The number of nitrogens with zero attached hydrogens (tertiary/aromatic N) is 2. The van der Waals surface area contributed by atoms with E-state index in [2.05, 4.69) is 17.2 Å². The van der Waals surface area contributed by atoms with Crippen LogP contribution >= 0.6 is 0 Å². The summed E-state index contributed by atoms with van der Waals surface area (Å²) in [5.41, 5.74) is 3.83. The van der Waals surface area contributed by atoms with Crippen LogP contribution in [0.15, 0.2) is 54.6 Å². The number of halogens is 1. The van der Waals surface area contributed by atoms with Gasteiger partial charge in [-0.1, -0.05) is 26.0 Å². The van der Waals surface area contributed by atoms with Gasteiger partial charge in [0, 0.05) is 12.5 Å². The number of hydrogen-bond acceptors (Lipinski definition) is 6. The molecule has 7 nitrogen and oxygen atoms in total. The molecule has 4 rings (SSSR count). The van der Waals surface area contributed by atoms with E-state index >= 15 is 0 Å². The summed E-state index contributed by atoms with van der Waals surface area (Å²) in [5.74, 6) is 0.0303. The van der Waals surface area contributed by atoms with E-state index in [1.54, 1.807) is 54.8 Å². The molecule has 0 spiro atoms. The maximum absolute atomic E-state index is 13.5. The number of benzene rings is 2. The standard InChI is InChI=1S/C17H15FN2O2.C8H10O2.C4H11N/c1-10-9-12(7-8-13(10)18)17-16(11(2)21)19-14-5-4-6-15(22-3)20(14)17;1-2-6-3-4-7(9)8(10)5-6;1-3-4-5-2/h4-9H,1-3H3;3-5,9-10H,2H2,1H3;5H,3-4H2,1-2H3. The molecule has 0 radical (unpaired) electrons. The van der Waals surface area contributed by atoms with Crippen LogP contribution in [0.25, 0.3) is 16.9 Å². The first-order chi connectivity index (χ1) is 17.7. The Kier molecular flexibility index (Phi) is 11.1. The maximum Gasteiger partial charge on any atom is 0.199 e. The number of hydrogen-bond donors (Lipinski definition) is 3. The number of carbonyl (C=O) groups excluding carboxylic acids is 1. The Bertz CT molecular complexity index is 1330. The minimum Gasteiger partial charge on any atom is -0.504 e. The molecule has 0 aliphatic heterocycles.